The average molecular weight is 491 g/mol. The maximum atomic E-state index is 13.3. The Morgan fingerprint density at radius 3 is 2.45 bits per heavy atom. The summed E-state index contributed by atoms with van der Waals surface area (Å²) in [6.45, 7) is 11.3. The minimum atomic E-state index is -4.07. The number of esters is 1. The number of ether oxygens (including phenoxy) is 1. The van der Waals surface area contributed by atoms with Crippen LogP contribution >= 0.6 is 11.6 Å². The van der Waals surface area contributed by atoms with E-state index >= 15 is 0 Å². The van der Waals surface area contributed by atoms with Gasteiger partial charge in [-0.15, -0.1) is 6.58 Å². The van der Waals surface area contributed by atoms with Gasteiger partial charge in [0.2, 0.25) is 0 Å². The Labute approximate surface area is 200 Å². The number of amides is 1. The van der Waals surface area contributed by atoms with Crippen molar-refractivity contribution in [1.82, 2.24) is 4.90 Å². The zero-order chi connectivity index (χ0) is 24.6. The summed E-state index contributed by atoms with van der Waals surface area (Å²) in [6.07, 6.45) is 1.44. The third-order valence-electron chi connectivity index (χ3n) is 4.60. The molecule has 0 aliphatic carbocycles. The number of carbonyl (C=O) groups excluding carboxylic acids is 2. The molecule has 2 aromatic carbocycles. The highest BCUT2D eigenvalue weighted by molar-refractivity contribution is 7.92. The minimum Gasteiger partial charge on any atom is -0.452 e. The lowest BCUT2D eigenvalue weighted by atomic mass is 10.2. The van der Waals surface area contributed by atoms with Gasteiger partial charge in [-0.05, 0) is 44.2 Å². The third-order valence-corrected chi connectivity index (χ3v) is 6.69. The molecule has 2 rings (SSSR count). The Bertz CT molecular complexity index is 1150. The molecule has 9 heteroatoms. The van der Waals surface area contributed by atoms with Gasteiger partial charge in [0.15, 0.2) is 6.61 Å². The molecule has 2 aromatic rings. The van der Waals surface area contributed by atoms with Gasteiger partial charge in [0, 0.05) is 13.1 Å². The van der Waals surface area contributed by atoms with Gasteiger partial charge in [0.05, 0.1) is 27.7 Å². The number of para-hydroxylation sites is 1. The van der Waals surface area contributed by atoms with Crippen molar-refractivity contribution in [2.75, 3.05) is 30.5 Å². The summed E-state index contributed by atoms with van der Waals surface area (Å²) >= 11 is 6.21. The molecule has 0 heterocycles. The highest BCUT2D eigenvalue weighted by Crippen LogP contribution is 2.30. The van der Waals surface area contributed by atoms with Crippen molar-refractivity contribution in [3.05, 3.63) is 83.9 Å². The van der Waals surface area contributed by atoms with Crippen LogP contribution in [0.1, 0.15) is 24.2 Å². The van der Waals surface area contributed by atoms with Gasteiger partial charge < -0.3 is 9.64 Å². The van der Waals surface area contributed by atoms with Crippen LogP contribution < -0.4 is 4.31 Å². The molecule has 0 saturated heterocycles. The molecule has 0 aliphatic rings. The lowest BCUT2D eigenvalue weighted by Crippen LogP contribution is -2.35. The van der Waals surface area contributed by atoms with Crippen molar-refractivity contribution in [2.24, 2.45) is 0 Å². The molecule has 33 heavy (non-hydrogen) atoms. The molecule has 0 radical (unpaired) electrons. The molecule has 0 aliphatic heterocycles. The Balaban J connectivity index is 2.25. The molecular formula is C24H27ClN2O5S. The second-order valence-electron chi connectivity index (χ2n) is 7.25. The second kappa shape index (κ2) is 11.7. The summed E-state index contributed by atoms with van der Waals surface area (Å²) in [7, 11) is -4.07. The number of benzene rings is 2. The zero-order valence-corrected chi connectivity index (χ0v) is 20.2. The molecule has 0 N–H and O–H groups in total. The van der Waals surface area contributed by atoms with Crippen LogP contribution in [0.3, 0.4) is 0 Å². The van der Waals surface area contributed by atoms with E-state index in [4.69, 9.17) is 16.3 Å². The summed E-state index contributed by atoms with van der Waals surface area (Å²) in [4.78, 5) is 26.2. The molecule has 0 atom stereocenters. The van der Waals surface area contributed by atoms with E-state index in [1.54, 1.807) is 31.2 Å². The molecule has 7 nitrogen and oxygen atoms in total. The molecule has 176 valence electrons. The Morgan fingerprint density at radius 2 is 1.85 bits per heavy atom. The molecule has 0 spiro atoms. The van der Waals surface area contributed by atoms with Crippen molar-refractivity contribution in [3.63, 3.8) is 0 Å². The van der Waals surface area contributed by atoms with E-state index in [0.29, 0.717) is 13.1 Å². The van der Waals surface area contributed by atoms with E-state index in [-0.39, 0.29) is 33.6 Å². The fourth-order valence-corrected chi connectivity index (χ4v) is 4.80. The highest BCUT2D eigenvalue weighted by atomic mass is 35.5. The van der Waals surface area contributed by atoms with Crippen molar-refractivity contribution < 1.29 is 22.7 Å². The Kier molecular flexibility index (Phi) is 9.25. The summed E-state index contributed by atoms with van der Waals surface area (Å²) < 4.78 is 32.9. The smallest absolute Gasteiger partial charge is 0.338 e. The fraction of sp³-hybridized carbons (Fsp3) is 0.250. The lowest BCUT2D eigenvalue weighted by molar-refractivity contribution is -0.133. The van der Waals surface area contributed by atoms with Crippen LogP contribution in [-0.4, -0.2) is 51.4 Å². The standard InChI is InChI=1S/C24H27ClN2O5S/c1-5-14-27(22-13-8-7-12-21(22)25)33(30,31)20-11-9-10-19(15-20)24(29)32-17-23(28)26(6-2)16-18(3)4/h5,7-13,15H,1,3,6,14,16-17H2,2,4H3. The summed E-state index contributed by atoms with van der Waals surface area (Å²) in [6, 6.07) is 12.0. The molecule has 0 bridgehead atoms. The zero-order valence-electron chi connectivity index (χ0n) is 18.7. The van der Waals surface area contributed by atoms with Gasteiger partial charge in [-0.2, -0.15) is 0 Å². The van der Waals surface area contributed by atoms with E-state index in [2.05, 4.69) is 13.2 Å². The second-order valence-corrected chi connectivity index (χ2v) is 9.51. The summed E-state index contributed by atoms with van der Waals surface area (Å²) in [5, 5.41) is 0.257. The molecule has 0 unspecified atom stereocenters. The van der Waals surface area contributed by atoms with Crippen LogP contribution in [0.15, 0.2) is 78.2 Å². The van der Waals surface area contributed by atoms with Crippen LogP contribution in [0.2, 0.25) is 5.02 Å². The predicted octanol–water partition coefficient (Wildman–Crippen LogP) is 4.30. The van der Waals surface area contributed by atoms with Crippen LogP contribution in [0, 0.1) is 0 Å². The number of carbonyl (C=O) groups is 2. The van der Waals surface area contributed by atoms with Crippen molar-refractivity contribution >= 4 is 39.2 Å². The SMILES string of the molecule is C=CCN(c1ccccc1Cl)S(=O)(=O)c1cccc(C(=O)OCC(=O)N(CC)CC(=C)C)c1. The maximum absolute atomic E-state index is 13.3. The maximum Gasteiger partial charge on any atom is 0.338 e. The topological polar surface area (TPSA) is 84.0 Å². The van der Waals surface area contributed by atoms with Crippen LogP contribution in [0.25, 0.3) is 0 Å². The lowest BCUT2D eigenvalue weighted by Gasteiger charge is -2.24. The van der Waals surface area contributed by atoms with Crippen molar-refractivity contribution in [2.45, 2.75) is 18.7 Å². The van der Waals surface area contributed by atoms with Gasteiger partial charge in [0.1, 0.15) is 0 Å². The number of likely N-dealkylation sites (N-methyl/N-ethyl adjacent to an activating group) is 1. The largest absolute Gasteiger partial charge is 0.452 e. The van der Waals surface area contributed by atoms with Crippen LogP contribution in [0.4, 0.5) is 5.69 Å². The van der Waals surface area contributed by atoms with Crippen LogP contribution in [0.5, 0.6) is 0 Å². The van der Waals surface area contributed by atoms with E-state index in [9.17, 15) is 18.0 Å². The average Bonchev–Trinajstić information content (AvgIpc) is 2.79. The summed E-state index contributed by atoms with van der Waals surface area (Å²) in [5.74, 6) is -1.17. The van der Waals surface area contributed by atoms with Gasteiger partial charge in [-0.1, -0.05) is 48.0 Å². The van der Waals surface area contributed by atoms with E-state index in [1.807, 2.05) is 6.92 Å². The first-order valence-corrected chi connectivity index (χ1v) is 12.0. The highest BCUT2D eigenvalue weighted by Gasteiger charge is 2.26. The first kappa shape index (κ1) is 26.2. The number of halogens is 1. The van der Waals surface area contributed by atoms with Crippen LogP contribution in [-0.2, 0) is 19.6 Å². The van der Waals surface area contributed by atoms with Crippen molar-refractivity contribution in [3.8, 4) is 0 Å². The van der Waals surface area contributed by atoms with E-state index in [0.717, 1.165) is 9.88 Å². The first-order valence-electron chi connectivity index (χ1n) is 10.2. The molecule has 0 fully saturated rings. The quantitative estimate of drug-likeness (QED) is 0.346. The first-order chi connectivity index (χ1) is 15.6. The predicted molar refractivity (Wildman–Crippen MR) is 130 cm³/mol. The normalized spacial score (nSPS) is 10.9. The molecule has 0 saturated carbocycles. The summed E-state index contributed by atoms with van der Waals surface area (Å²) in [5.41, 5.74) is 1.09. The van der Waals surface area contributed by atoms with E-state index in [1.165, 1.54) is 35.2 Å². The monoisotopic (exact) mass is 490 g/mol. The fourth-order valence-electron chi connectivity index (χ4n) is 3.01. The van der Waals surface area contributed by atoms with Gasteiger partial charge >= 0.3 is 5.97 Å². The van der Waals surface area contributed by atoms with Crippen molar-refractivity contribution in [1.29, 1.82) is 0 Å². The van der Waals surface area contributed by atoms with Gasteiger partial charge in [-0.25, -0.2) is 13.2 Å². The van der Waals surface area contributed by atoms with Gasteiger partial charge in [-0.3, -0.25) is 9.10 Å². The van der Waals surface area contributed by atoms with E-state index < -0.39 is 22.6 Å². The number of rotatable bonds is 11. The number of anilines is 1. The van der Waals surface area contributed by atoms with Gasteiger partial charge in [0.25, 0.3) is 15.9 Å². The number of nitrogens with zero attached hydrogens (tertiary/aromatic N) is 2. The third kappa shape index (κ3) is 6.69. The minimum absolute atomic E-state index is 0.00420. The Morgan fingerprint density at radius 1 is 1.15 bits per heavy atom. The number of sulfonamides is 1. The molecule has 0 aromatic heterocycles. The molecule has 1 amide bonds. The molecular weight excluding hydrogens is 464 g/mol. The Hall–Kier alpha value is -3.10. The number of hydrogen-bond acceptors (Lipinski definition) is 5. The number of hydrogen-bond donors (Lipinski definition) is 0.